The lowest BCUT2D eigenvalue weighted by molar-refractivity contribution is -0.238. The van der Waals surface area contributed by atoms with Crippen molar-refractivity contribution >= 4 is 12.2 Å². The fraction of sp³-hybridized carbons (Fsp3) is 0.867. The molecule has 0 aliphatic carbocycles. The molecule has 2 unspecified atom stereocenters. The van der Waals surface area contributed by atoms with Crippen LogP contribution >= 0.6 is 0 Å². The Bertz CT molecular complexity index is 436. The molecule has 23 heavy (non-hydrogen) atoms. The highest BCUT2D eigenvalue weighted by molar-refractivity contribution is 5.73. The number of ether oxygens (including phenoxy) is 1. The van der Waals surface area contributed by atoms with Crippen LogP contribution in [0.25, 0.3) is 0 Å². The number of aldehydes is 1. The van der Waals surface area contributed by atoms with Gasteiger partial charge in [-0.25, -0.2) is 0 Å². The maximum atomic E-state index is 11.7. The van der Waals surface area contributed by atoms with Gasteiger partial charge < -0.3 is 35.3 Å². The van der Waals surface area contributed by atoms with Crippen molar-refractivity contribution in [1.82, 2.24) is 5.32 Å². The molecular formula is C15H27NO7. The van der Waals surface area contributed by atoms with Crippen LogP contribution in [0.2, 0.25) is 0 Å². The van der Waals surface area contributed by atoms with Gasteiger partial charge in [-0.2, -0.15) is 0 Å². The third-order valence-electron chi connectivity index (χ3n) is 4.37. The summed E-state index contributed by atoms with van der Waals surface area (Å²) >= 11 is 0. The van der Waals surface area contributed by atoms with Crippen LogP contribution in [0.1, 0.15) is 34.1 Å². The first-order valence-electron chi connectivity index (χ1n) is 7.55. The molecule has 6 atom stereocenters. The third kappa shape index (κ3) is 4.07. The zero-order valence-corrected chi connectivity index (χ0v) is 13.9. The number of carbonyl (C=O) groups excluding carboxylic acids is 2. The van der Waals surface area contributed by atoms with Gasteiger partial charge >= 0.3 is 0 Å². The van der Waals surface area contributed by atoms with E-state index in [0.717, 1.165) is 0 Å². The summed E-state index contributed by atoms with van der Waals surface area (Å²) in [5, 5.41) is 41.8. The third-order valence-corrected chi connectivity index (χ3v) is 4.37. The van der Waals surface area contributed by atoms with E-state index in [2.05, 4.69) is 5.32 Å². The second-order valence-electron chi connectivity index (χ2n) is 7.08. The topological polar surface area (TPSA) is 136 Å². The Kier molecular flexibility index (Phi) is 6.28. The van der Waals surface area contributed by atoms with Gasteiger partial charge in [0, 0.05) is 13.3 Å². The van der Waals surface area contributed by atoms with Crippen LogP contribution in [0.15, 0.2) is 0 Å². The highest BCUT2D eigenvalue weighted by Crippen LogP contribution is 2.42. The van der Waals surface area contributed by atoms with Gasteiger partial charge in [0.25, 0.3) is 0 Å². The maximum absolute atomic E-state index is 11.7. The number of aliphatic hydroxyl groups excluding tert-OH is 4. The fourth-order valence-corrected chi connectivity index (χ4v) is 2.78. The summed E-state index contributed by atoms with van der Waals surface area (Å²) in [6, 6.07) is -1.01. The van der Waals surface area contributed by atoms with E-state index in [9.17, 15) is 24.9 Å². The minimum Gasteiger partial charge on any atom is -0.394 e. The zero-order valence-electron chi connectivity index (χ0n) is 13.9. The normalized spacial score (nSPS) is 34.5. The molecule has 1 aliphatic rings. The molecule has 1 fully saturated rings. The molecular weight excluding hydrogens is 306 g/mol. The van der Waals surface area contributed by atoms with Gasteiger partial charge in [0.1, 0.15) is 23.9 Å². The monoisotopic (exact) mass is 333 g/mol. The van der Waals surface area contributed by atoms with E-state index in [1.807, 2.05) is 0 Å². The highest BCUT2D eigenvalue weighted by atomic mass is 16.5. The molecule has 0 spiro atoms. The average Bonchev–Trinajstić information content (AvgIpc) is 2.45. The molecule has 0 aromatic heterocycles. The molecule has 0 aromatic rings. The van der Waals surface area contributed by atoms with Crippen molar-refractivity contribution in [3.05, 3.63) is 0 Å². The Hall–Kier alpha value is -1.06. The van der Waals surface area contributed by atoms with Crippen LogP contribution in [-0.4, -0.2) is 75.3 Å². The van der Waals surface area contributed by atoms with E-state index in [4.69, 9.17) is 9.84 Å². The molecule has 134 valence electrons. The number of aliphatic hydroxyl groups is 4. The van der Waals surface area contributed by atoms with Crippen molar-refractivity contribution in [3.8, 4) is 0 Å². The summed E-state index contributed by atoms with van der Waals surface area (Å²) in [4.78, 5) is 23.0. The minimum atomic E-state index is -1.59. The van der Waals surface area contributed by atoms with Crippen LogP contribution in [0.3, 0.4) is 0 Å². The molecule has 0 radical (unpaired) electrons. The number of rotatable bonds is 5. The molecule has 1 amide bonds. The van der Waals surface area contributed by atoms with E-state index in [1.54, 1.807) is 20.8 Å². The number of hydrogen-bond acceptors (Lipinski definition) is 7. The molecule has 1 heterocycles. The van der Waals surface area contributed by atoms with Gasteiger partial charge in [-0.15, -0.1) is 0 Å². The number of hydrogen-bond donors (Lipinski definition) is 5. The molecule has 1 saturated heterocycles. The van der Waals surface area contributed by atoms with Gasteiger partial charge in [0.2, 0.25) is 5.91 Å². The standard InChI is InChI=1S/C15H27NO7/c1-8(19)16-11-9(20)5-15(7-18,14(2,3)4)23-13(11)12(22)10(21)6-17/h7,9-13,17,20-22H,5-6H2,1-4H3,(H,16,19)/t9-,10-,11?,12-,13?,15-/m1/s1. The first-order chi connectivity index (χ1) is 10.5. The van der Waals surface area contributed by atoms with Crippen LogP contribution < -0.4 is 5.32 Å². The minimum absolute atomic E-state index is 0.0661. The van der Waals surface area contributed by atoms with Crippen LogP contribution in [-0.2, 0) is 14.3 Å². The Labute approximate surface area is 135 Å². The van der Waals surface area contributed by atoms with Gasteiger partial charge in [0.05, 0.1) is 18.8 Å². The lowest BCUT2D eigenvalue weighted by Gasteiger charge is -2.51. The quantitative estimate of drug-likeness (QED) is 0.380. The van der Waals surface area contributed by atoms with Crippen molar-refractivity contribution in [1.29, 1.82) is 0 Å². The number of carbonyl (C=O) groups is 2. The molecule has 8 heteroatoms. The fourth-order valence-electron chi connectivity index (χ4n) is 2.78. The zero-order chi connectivity index (χ0) is 18.0. The summed E-state index contributed by atoms with van der Waals surface area (Å²) in [6.45, 7) is 5.76. The summed E-state index contributed by atoms with van der Waals surface area (Å²) in [5.74, 6) is -0.456. The molecule has 8 nitrogen and oxygen atoms in total. The van der Waals surface area contributed by atoms with Crippen molar-refractivity contribution in [2.75, 3.05) is 6.61 Å². The molecule has 0 bridgehead atoms. The van der Waals surface area contributed by atoms with Crippen molar-refractivity contribution < 1.29 is 34.8 Å². The smallest absolute Gasteiger partial charge is 0.217 e. The van der Waals surface area contributed by atoms with E-state index in [0.29, 0.717) is 6.29 Å². The maximum Gasteiger partial charge on any atom is 0.217 e. The first kappa shape index (κ1) is 20.0. The first-order valence-corrected chi connectivity index (χ1v) is 7.55. The van der Waals surface area contributed by atoms with Crippen LogP contribution in [0, 0.1) is 5.41 Å². The van der Waals surface area contributed by atoms with Crippen LogP contribution in [0.4, 0.5) is 0 Å². The van der Waals surface area contributed by atoms with E-state index < -0.39 is 54.0 Å². The summed E-state index contributed by atoms with van der Waals surface area (Å²) in [6.07, 6.45) is -5.04. The Morgan fingerprint density at radius 2 is 2.00 bits per heavy atom. The average molecular weight is 333 g/mol. The van der Waals surface area contributed by atoms with Gasteiger partial charge in [0.15, 0.2) is 6.29 Å². The largest absolute Gasteiger partial charge is 0.394 e. The van der Waals surface area contributed by atoms with Gasteiger partial charge in [-0.3, -0.25) is 4.79 Å². The predicted molar refractivity (Wildman–Crippen MR) is 80.5 cm³/mol. The SMILES string of the molecule is CC(=O)NC1C([C@H](O)[C@H](O)CO)O[C@](C=O)(C(C)(C)C)C[C@H]1O. The lowest BCUT2D eigenvalue weighted by Crippen LogP contribution is -2.68. The highest BCUT2D eigenvalue weighted by Gasteiger charge is 2.55. The summed E-state index contributed by atoms with van der Waals surface area (Å²) < 4.78 is 5.79. The van der Waals surface area contributed by atoms with Crippen molar-refractivity contribution in [2.24, 2.45) is 5.41 Å². The predicted octanol–water partition coefficient (Wildman–Crippen LogP) is -1.66. The Morgan fingerprint density at radius 1 is 1.43 bits per heavy atom. The van der Waals surface area contributed by atoms with Crippen molar-refractivity contribution in [3.63, 3.8) is 0 Å². The summed E-state index contributed by atoms with van der Waals surface area (Å²) in [7, 11) is 0. The molecule has 1 aliphatic heterocycles. The van der Waals surface area contributed by atoms with Crippen molar-refractivity contribution in [2.45, 2.75) is 70.2 Å². The van der Waals surface area contributed by atoms with Crippen LogP contribution in [0.5, 0.6) is 0 Å². The second kappa shape index (κ2) is 7.23. The van der Waals surface area contributed by atoms with Gasteiger partial charge in [-0.05, 0) is 5.41 Å². The van der Waals surface area contributed by atoms with E-state index in [-0.39, 0.29) is 6.42 Å². The molecule has 0 aromatic carbocycles. The van der Waals surface area contributed by atoms with E-state index >= 15 is 0 Å². The Morgan fingerprint density at radius 3 is 2.39 bits per heavy atom. The Balaban J connectivity index is 3.23. The molecule has 5 N–H and O–H groups in total. The number of amides is 1. The lowest BCUT2D eigenvalue weighted by atomic mass is 9.70. The summed E-state index contributed by atoms with van der Waals surface area (Å²) in [5.41, 5.74) is -2.10. The van der Waals surface area contributed by atoms with E-state index in [1.165, 1.54) is 6.92 Å². The second-order valence-corrected chi connectivity index (χ2v) is 7.08. The number of nitrogens with one attached hydrogen (secondary N) is 1. The van der Waals surface area contributed by atoms with Gasteiger partial charge in [-0.1, -0.05) is 20.8 Å². The molecule has 0 saturated carbocycles. The molecule has 1 rings (SSSR count).